The topological polar surface area (TPSA) is 99.2 Å². The Hall–Kier alpha value is -2.27. The van der Waals surface area contributed by atoms with Crippen molar-refractivity contribution < 1.29 is 18.8 Å². The van der Waals surface area contributed by atoms with E-state index in [0.717, 1.165) is 12.1 Å². The molecule has 0 fully saturated rings. The molecule has 1 rings (SSSR count). The second-order valence-electron chi connectivity index (χ2n) is 3.47. The van der Waals surface area contributed by atoms with E-state index in [4.69, 9.17) is 10.4 Å². The fourth-order valence-electron chi connectivity index (χ4n) is 1.19. The molecule has 1 aromatic rings. The lowest BCUT2D eigenvalue weighted by Gasteiger charge is -2.14. The number of hydrogen-bond acceptors (Lipinski definition) is 5. The van der Waals surface area contributed by atoms with Crippen LogP contribution in [0.5, 0.6) is 0 Å². The summed E-state index contributed by atoms with van der Waals surface area (Å²) in [5, 5.41) is 29.8. The summed E-state index contributed by atoms with van der Waals surface area (Å²) in [6.45, 7) is -2.33. The van der Waals surface area contributed by atoms with Crippen molar-refractivity contribution in [2.24, 2.45) is 0 Å². The molecule has 0 amide bonds. The molecule has 8 heteroatoms. The number of halogens is 2. The van der Waals surface area contributed by atoms with E-state index in [9.17, 15) is 18.9 Å². The molecule has 96 valence electrons. The predicted molar refractivity (Wildman–Crippen MR) is 58.3 cm³/mol. The normalized spacial score (nSPS) is 10.8. The van der Waals surface area contributed by atoms with Gasteiger partial charge in [0.05, 0.1) is 23.1 Å². The van der Waals surface area contributed by atoms with Crippen LogP contribution in [0, 0.1) is 21.4 Å². The number of alkyl halides is 2. The molecule has 0 aliphatic carbocycles. The number of aliphatic hydroxyl groups excluding tert-OH is 1. The van der Waals surface area contributed by atoms with Crippen molar-refractivity contribution in [1.29, 1.82) is 5.26 Å². The lowest BCUT2D eigenvalue weighted by Crippen LogP contribution is -2.31. The number of nitrogens with zero attached hydrogens (tertiary/aromatic N) is 2. The van der Waals surface area contributed by atoms with Gasteiger partial charge in [0.1, 0.15) is 12.3 Å². The van der Waals surface area contributed by atoms with Crippen molar-refractivity contribution >= 4 is 11.4 Å². The molecule has 0 aliphatic heterocycles. The first kappa shape index (κ1) is 13.8. The standard InChI is InChI=1S/C10H9F2N3O3/c11-10(12,6-16)5-14-8-3-7(4-13)1-2-9(8)15(17)18/h1-3,14,16H,5-6H2. The number of anilines is 1. The third-order valence-corrected chi connectivity index (χ3v) is 2.09. The van der Waals surface area contributed by atoms with E-state index in [1.54, 1.807) is 6.07 Å². The van der Waals surface area contributed by atoms with Gasteiger partial charge >= 0.3 is 0 Å². The van der Waals surface area contributed by atoms with E-state index in [-0.39, 0.29) is 11.3 Å². The van der Waals surface area contributed by atoms with Crippen LogP contribution in [0.3, 0.4) is 0 Å². The van der Waals surface area contributed by atoms with Gasteiger partial charge in [-0.3, -0.25) is 10.1 Å². The molecule has 0 saturated heterocycles. The highest BCUT2D eigenvalue weighted by Gasteiger charge is 2.28. The highest BCUT2D eigenvalue weighted by molar-refractivity contribution is 5.64. The van der Waals surface area contributed by atoms with Crippen LogP contribution in [-0.4, -0.2) is 29.1 Å². The molecule has 0 atom stereocenters. The molecule has 0 radical (unpaired) electrons. The molecule has 0 aliphatic rings. The van der Waals surface area contributed by atoms with E-state index >= 15 is 0 Å². The second kappa shape index (κ2) is 5.37. The first-order valence-electron chi connectivity index (χ1n) is 4.81. The summed E-state index contributed by atoms with van der Waals surface area (Å²) in [6, 6.07) is 5.12. The van der Waals surface area contributed by atoms with Gasteiger partial charge in [-0.05, 0) is 12.1 Å². The van der Waals surface area contributed by atoms with Crippen molar-refractivity contribution in [3.8, 4) is 6.07 Å². The first-order chi connectivity index (χ1) is 8.39. The molecule has 18 heavy (non-hydrogen) atoms. The van der Waals surface area contributed by atoms with Crippen molar-refractivity contribution in [2.45, 2.75) is 5.92 Å². The maximum Gasteiger partial charge on any atom is 0.292 e. The van der Waals surface area contributed by atoms with Gasteiger partial charge in [0.25, 0.3) is 11.6 Å². The Bertz CT molecular complexity index is 500. The fourth-order valence-corrected chi connectivity index (χ4v) is 1.19. The van der Waals surface area contributed by atoms with Crippen LogP contribution in [0.2, 0.25) is 0 Å². The number of nitrogens with one attached hydrogen (secondary N) is 1. The molecule has 0 aromatic heterocycles. The Kier molecular flexibility index (Phi) is 4.12. The minimum absolute atomic E-state index is 0.107. The van der Waals surface area contributed by atoms with Crippen LogP contribution < -0.4 is 5.32 Å². The van der Waals surface area contributed by atoms with Gasteiger partial charge in [-0.1, -0.05) is 0 Å². The largest absolute Gasteiger partial charge is 0.390 e. The van der Waals surface area contributed by atoms with Crippen LogP contribution in [0.25, 0.3) is 0 Å². The van der Waals surface area contributed by atoms with Crippen LogP contribution in [0.1, 0.15) is 5.56 Å². The molecule has 2 N–H and O–H groups in total. The van der Waals surface area contributed by atoms with Crippen molar-refractivity contribution in [2.75, 3.05) is 18.5 Å². The average Bonchev–Trinajstić information content (AvgIpc) is 2.36. The van der Waals surface area contributed by atoms with Gasteiger partial charge in [0.2, 0.25) is 0 Å². The maximum atomic E-state index is 12.8. The number of hydrogen-bond donors (Lipinski definition) is 2. The maximum absolute atomic E-state index is 12.8. The molecular weight excluding hydrogens is 248 g/mol. The van der Waals surface area contributed by atoms with Gasteiger partial charge in [0, 0.05) is 6.07 Å². The molecule has 0 unspecified atom stereocenters. The quantitative estimate of drug-likeness (QED) is 0.615. The van der Waals surface area contributed by atoms with Crippen LogP contribution >= 0.6 is 0 Å². The van der Waals surface area contributed by atoms with Gasteiger partial charge < -0.3 is 10.4 Å². The van der Waals surface area contributed by atoms with E-state index < -0.39 is 29.7 Å². The summed E-state index contributed by atoms with van der Waals surface area (Å²) in [5.74, 6) is -3.39. The molecule has 0 saturated carbocycles. The summed E-state index contributed by atoms with van der Waals surface area (Å²) < 4.78 is 25.6. The molecule has 0 heterocycles. The Morgan fingerprint density at radius 1 is 1.56 bits per heavy atom. The van der Waals surface area contributed by atoms with E-state index in [0.29, 0.717) is 0 Å². The molecule has 6 nitrogen and oxygen atoms in total. The lowest BCUT2D eigenvalue weighted by atomic mass is 10.2. The predicted octanol–water partition coefficient (Wildman–Crippen LogP) is 1.51. The Labute approximate surface area is 101 Å². The zero-order valence-electron chi connectivity index (χ0n) is 9.06. The number of benzene rings is 1. The second-order valence-corrected chi connectivity index (χ2v) is 3.47. The SMILES string of the molecule is N#Cc1ccc([N+](=O)[O-])c(NCC(F)(F)CO)c1. The molecular formula is C10H9F2N3O3. The summed E-state index contributed by atoms with van der Waals surface area (Å²) >= 11 is 0. The summed E-state index contributed by atoms with van der Waals surface area (Å²) in [6.07, 6.45) is 0. The van der Waals surface area contributed by atoms with Gasteiger partial charge in [-0.15, -0.1) is 0 Å². The number of rotatable bonds is 5. The smallest absolute Gasteiger partial charge is 0.292 e. The number of aliphatic hydroxyl groups is 1. The minimum atomic E-state index is -3.39. The minimum Gasteiger partial charge on any atom is -0.390 e. The summed E-state index contributed by atoms with van der Waals surface area (Å²) in [4.78, 5) is 9.91. The third kappa shape index (κ3) is 3.36. The fraction of sp³-hybridized carbons (Fsp3) is 0.300. The molecule has 0 spiro atoms. The van der Waals surface area contributed by atoms with E-state index in [1.165, 1.54) is 6.07 Å². The summed E-state index contributed by atoms with van der Waals surface area (Å²) in [7, 11) is 0. The van der Waals surface area contributed by atoms with Gasteiger partial charge in [-0.2, -0.15) is 5.26 Å². The summed E-state index contributed by atoms with van der Waals surface area (Å²) in [5.41, 5.74) is -0.495. The number of nitriles is 1. The monoisotopic (exact) mass is 257 g/mol. The highest BCUT2D eigenvalue weighted by atomic mass is 19.3. The van der Waals surface area contributed by atoms with Crippen molar-refractivity contribution in [3.63, 3.8) is 0 Å². The lowest BCUT2D eigenvalue weighted by molar-refractivity contribution is -0.384. The third-order valence-electron chi connectivity index (χ3n) is 2.09. The van der Waals surface area contributed by atoms with Crippen LogP contribution in [0.4, 0.5) is 20.2 Å². The average molecular weight is 257 g/mol. The number of nitro groups is 1. The van der Waals surface area contributed by atoms with Gasteiger partial charge in [0.15, 0.2) is 0 Å². The van der Waals surface area contributed by atoms with Crippen LogP contribution in [0.15, 0.2) is 18.2 Å². The van der Waals surface area contributed by atoms with Gasteiger partial charge in [-0.25, -0.2) is 8.78 Å². The van der Waals surface area contributed by atoms with Crippen molar-refractivity contribution in [3.05, 3.63) is 33.9 Å². The zero-order valence-corrected chi connectivity index (χ0v) is 9.06. The first-order valence-corrected chi connectivity index (χ1v) is 4.81. The Morgan fingerprint density at radius 3 is 2.72 bits per heavy atom. The zero-order chi connectivity index (χ0) is 13.8. The Balaban J connectivity index is 2.99. The van der Waals surface area contributed by atoms with Crippen molar-refractivity contribution in [1.82, 2.24) is 0 Å². The van der Waals surface area contributed by atoms with Crippen LogP contribution in [-0.2, 0) is 0 Å². The molecule has 0 bridgehead atoms. The number of nitro benzene ring substituents is 1. The van der Waals surface area contributed by atoms with E-state index in [2.05, 4.69) is 5.32 Å². The van der Waals surface area contributed by atoms with E-state index in [1.807, 2.05) is 0 Å². The highest BCUT2D eigenvalue weighted by Crippen LogP contribution is 2.26. The Morgan fingerprint density at radius 2 is 2.22 bits per heavy atom. The molecule has 1 aromatic carbocycles.